The third kappa shape index (κ3) is 49.9. The fourth-order valence-corrected chi connectivity index (χ4v) is 0. The van der Waals surface area contributed by atoms with Crippen molar-refractivity contribution < 1.29 is 0 Å². The Hall–Kier alpha value is 1.49. The van der Waals surface area contributed by atoms with Crippen molar-refractivity contribution >= 4 is 50.6 Å². The highest BCUT2D eigenvalue weighted by molar-refractivity contribution is 9.09. The predicted molar refractivity (Wildman–Crippen MR) is 45.1 cm³/mol. The van der Waals surface area contributed by atoms with Crippen LogP contribution in [0.1, 0.15) is 6.92 Å². The lowest BCUT2D eigenvalue weighted by Crippen LogP contribution is -1.34. The summed E-state index contributed by atoms with van der Waals surface area (Å²) in [6, 6.07) is 0. The molecule has 0 saturated carbocycles. The summed E-state index contributed by atoms with van der Waals surface area (Å²) >= 11 is 3.15. The first-order valence-corrected chi connectivity index (χ1v) is 2.10. The summed E-state index contributed by atoms with van der Waals surface area (Å²) in [5, 5.41) is 1.06. The topological polar surface area (TPSA) is 0 Å². The maximum Gasteiger partial charge on any atom is 0.000281 e. The third-order valence-electron chi connectivity index (χ3n) is 0. The van der Waals surface area contributed by atoms with Gasteiger partial charge in [-0.15, -0.1) is 24.8 Å². The Morgan fingerprint density at radius 2 is 1.33 bits per heavy atom. The van der Waals surface area contributed by atoms with Gasteiger partial charge in [0.05, 0.1) is 0 Å². The molecule has 44 valence electrons. The molecule has 0 aromatic rings. The van der Waals surface area contributed by atoms with Crippen LogP contribution in [-0.2, 0) is 0 Å². The van der Waals surface area contributed by atoms with Crippen LogP contribution in [0.15, 0.2) is 0 Å². The molecule has 0 aliphatic rings. The largest absolute Gasteiger partial charge is 0.153 e. The van der Waals surface area contributed by atoms with E-state index in [1.54, 1.807) is 0 Å². The maximum absolute atomic E-state index is 3.15. The SMILES string of the molecule is CCBr.Cl.Cl.P. The minimum atomic E-state index is 0. The van der Waals surface area contributed by atoms with Gasteiger partial charge in [0.1, 0.15) is 0 Å². The average Bonchev–Trinajstić information content (AvgIpc) is 0.918. The minimum Gasteiger partial charge on any atom is -0.153 e. The van der Waals surface area contributed by atoms with Crippen LogP contribution in [0, 0.1) is 0 Å². The predicted octanol–water partition coefficient (Wildman–Crippen LogP) is 2.30. The molecule has 0 heterocycles. The molecule has 0 amide bonds. The van der Waals surface area contributed by atoms with Crippen molar-refractivity contribution in [1.82, 2.24) is 0 Å². The Morgan fingerprint density at radius 1 is 1.33 bits per heavy atom. The second-order valence-electron chi connectivity index (χ2n) is 0.267. The van der Waals surface area contributed by atoms with Crippen molar-refractivity contribution in [3.8, 4) is 0 Å². The molecule has 0 aliphatic heterocycles. The Labute approximate surface area is 63.0 Å². The molecule has 0 spiro atoms. The van der Waals surface area contributed by atoms with E-state index in [1.807, 2.05) is 6.92 Å². The van der Waals surface area contributed by atoms with Crippen LogP contribution in [0.5, 0.6) is 0 Å². The molecular formula is C2H10BrCl2P. The van der Waals surface area contributed by atoms with Gasteiger partial charge in [-0.05, 0) is 0 Å². The zero-order valence-electron chi connectivity index (χ0n) is 3.61. The van der Waals surface area contributed by atoms with Crippen LogP contribution in [-0.4, -0.2) is 5.33 Å². The molecule has 4 heteroatoms. The molecular weight excluding hydrogens is 206 g/mol. The summed E-state index contributed by atoms with van der Waals surface area (Å²) in [5.41, 5.74) is 0. The fraction of sp³-hybridized carbons (Fsp3) is 1.00. The lowest BCUT2D eigenvalue weighted by Gasteiger charge is -1.45. The molecule has 0 saturated heterocycles. The zero-order valence-corrected chi connectivity index (χ0v) is 8.24. The number of hydrogen-bond donors (Lipinski definition) is 0. The fourth-order valence-electron chi connectivity index (χ4n) is 0. The van der Waals surface area contributed by atoms with Crippen LogP contribution in [0.4, 0.5) is 0 Å². The average molecular weight is 216 g/mol. The summed E-state index contributed by atoms with van der Waals surface area (Å²) in [6.07, 6.45) is 0. The standard InChI is InChI=1S/C2H5Br.2ClH.H3P/c1-2-3;;;/h2H2,1H3;2*1H;1H3. The van der Waals surface area contributed by atoms with E-state index in [4.69, 9.17) is 0 Å². The van der Waals surface area contributed by atoms with Gasteiger partial charge in [-0.25, -0.2) is 0 Å². The third-order valence-corrected chi connectivity index (χ3v) is 0. The van der Waals surface area contributed by atoms with E-state index in [2.05, 4.69) is 15.9 Å². The van der Waals surface area contributed by atoms with Gasteiger partial charge in [-0.1, -0.05) is 22.9 Å². The molecule has 0 rings (SSSR count). The van der Waals surface area contributed by atoms with E-state index in [0.29, 0.717) is 0 Å². The Kier molecular flexibility index (Phi) is 136. The quantitative estimate of drug-likeness (QED) is 0.430. The van der Waals surface area contributed by atoms with E-state index in [9.17, 15) is 0 Å². The molecule has 1 atom stereocenters. The molecule has 6 heavy (non-hydrogen) atoms. The van der Waals surface area contributed by atoms with Crippen LogP contribution in [0.25, 0.3) is 0 Å². The lowest BCUT2D eigenvalue weighted by molar-refractivity contribution is 1.56. The molecule has 0 radical (unpaired) electrons. The zero-order chi connectivity index (χ0) is 2.71. The second-order valence-corrected chi connectivity index (χ2v) is 1.39. The molecule has 0 fully saturated rings. The van der Waals surface area contributed by atoms with E-state index in [-0.39, 0.29) is 34.7 Å². The summed E-state index contributed by atoms with van der Waals surface area (Å²) in [7, 11) is 0. The summed E-state index contributed by atoms with van der Waals surface area (Å²) in [6.45, 7) is 2.04. The van der Waals surface area contributed by atoms with Crippen molar-refractivity contribution in [1.29, 1.82) is 0 Å². The van der Waals surface area contributed by atoms with Crippen molar-refractivity contribution in [2.24, 2.45) is 0 Å². The molecule has 1 unspecified atom stereocenters. The number of rotatable bonds is 0. The Balaban J connectivity index is -0.00000000667. The lowest BCUT2D eigenvalue weighted by atomic mass is 11.0. The van der Waals surface area contributed by atoms with Gasteiger partial charge in [0.15, 0.2) is 0 Å². The molecule has 0 N–H and O–H groups in total. The number of halogens is 3. The molecule has 0 aromatic carbocycles. The highest BCUT2D eigenvalue weighted by atomic mass is 79.9. The smallest absolute Gasteiger partial charge is 0.000281 e. The highest BCUT2D eigenvalue weighted by Crippen LogP contribution is 1.67. The minimum absolute atomic E-state index is 0. The molecule has 0 nitrogen and oxygen atoms in total. The van der Waals surface area contributed by atoms with Gasteiger partial charge in [-0.2, -0.15) is 9.90 Å². The van der Waals surface area contributed by atoms with Crippen molar-refractivity contribution in [3.63, 3.8) is 0 Å². The van der Waals surface area contributed by atoms with E-state index >= 15 is 0 Å². The van der Waals surface area contributed by atoms with Crippen molar-refractivity contribution in [3.05, 3.63) is 0 Å². The first kappa shape index (κ1) is 25.9. The first-order chi connectivity index (χ1) is 1.41. The van der Waals surface area contributed by atoms with Crippen molar-refractivity contribution in [2.75, 3.05) is 5.33 Å². The van der Waals surface area contributed by atoms with Crippen LogP contribution >= 0.6 is 50.6 Å². The van der Waals surface area contributed by atoms with Crippen LogP contribution < -0.4 is 0 Å². The number of alkyl halides is 1. The van der Waals surface area contributed by atoms with Gasteiger partial charge in [-0.3, -0.25) is 0 Å². The van der Waals surface area contributed by atoms with E-state index in [0.717, 1.165) is 5.33 Å². The Morgan fingerprint density at radius 3 is 1.33 bits per heavy atom. The summed E-state index contributed by atoms with van der Waals surface area (Å²) in [5.74, 6) is 0. The number of hydrogen-bond acceptors (Lipinski definition) is 0. The van der Waals surface area contributed by atoms with Crippen LogP contribution in [0.2, 0.25) is 0 Å². The molecule has 0 aromatic heterocycles. The van der Waals surface area contributed by atoms with Crippen LogP contribution in [0.3, 0.4) is 0 Å². The first-order valence-electron chi connectivity index (χ1n) is 0.974. The highest BCUT2D eigenvalue weighted by Gasteiger charge is 1.38. The monoisotopic (exact) mass is 214 g/mol. The molecule has 0 aliphatic carbocycles. The second kappa shape index (κ2) is 31.5. The van der Waals surface area contributed by atoms with Gasteiger partial charge >= 0.3 is 0 Å². The Bertz CT molecular complexity index is 11.5. The summed E-state index contributed by atoms with van der Waals surface area (Å²) < 4.78 is 0. The van der Waals surface area contributed by atoms with E-state index < -0.39 is 0 Å². The van der Waals surface area contributed by atoms with Gasteiger partial charge in [0.25, 0.3) is 0 Å². The maximum atomic E-state index is 3.15. The van der Waals surface area contributed by atoms with Gasteiger partial charge in [0.2, 0.25) is 0 Å². The van der Waals surface area contributed by atoms with Gasteiger partial charge in [0, 0.05) is 5.33 Å². The molecule has 0 bridgehead atoms. The normalized spacial score (nSPS) is 3.00. The van der Waals surface area contributed by atoms with Crippen molar-refractivity contribution in [2.45, 2.75) is 6.92 Å². The summed E-state index contributed by atoms with van der Waals surface area (Å²) in [4.78, 5) is 0. The van der Waals surface area contributed by atoms with E-state index in [1.165, 1.54) is 0 Å². The van der Waals surface area contributed by atoms with Gasteiger partial charge < -0.3 is 0 Å².